The molecule has 0 spiro atoms. The quantitative estimate of drug-likeness (QED) is 0.609. The lowest BCUT2D eigenvalue weighted by atomic mass is 10.1. The summed E-state index contributed by atoms with van der Waals surface area (Å²) in [4.78, 5) is 20.0. The van der Waals surface area contributed by atoms with Gasteiger partial charge in [-0.1, -0.05) is 31.2 Å². The fourth-order valence-electron chi connectivity index (χ4n) is 3.35. The molecular formula is C21H31N7. The van der Waals surface area contributed by atoms with Crippen molar-refractivity contribution < 1.29 is 0 Å². The van der Waals surface area contributed by atoms with Gasteiger partial charge in [0.1, 0.15) is 0 Å². The monoisotopic (exact) mass is 381 g/mol. The van der Waals surface area contributed by atoms with Crippen LogP contribution in [0.4, 0.5) is 5.95 Å². The molecule has 1 aliphatic rings. The van der Waals surface area contributed by atoms with Crippen LogP contribution in [0.2, 0.25) is 0 Å². The van der Waals surface area contributed by atoms with Gasteiger partial charge in [-0.3, -0.25) is 4.99 Å². The molecule has 1 aliphatic heterocycles. The molecule has 0 bridgehead atoms. The van der Waals surface area contributed by atoms with Gasteiger partial charge in [0.2, 0.25) is 5.95 Å². The van der Waals surface area contributed by atoms with Crippen LogP contribution in [0.15, 0.2) is 47.7 Å². The maximum absolute atomic E-state index is 4.48. The summed E-state index contributed by atoms with van der Waals surface area (Å²) in [5.74, 6) is 1.75. The van der Waals surface area contributed by atoms with E-state index in [-0.39, 0.29) is 0 Å². The number of hydrogen-bond donors (Lipinski definition) is 1. The molecule has 1 saturated heterocycles. The maximum atomic E-state index is 4.48. The molecule has 0 aliphatic carbocycles. The zero-order chi connectivity index (χ0) is 19.8. The third-order valence-corrected chi connectivity index (χ3v) is 5.06. The van der Waals surface area contributed by atoms with Crippen molar-refractivity contribution in [1.82, 2.24) is 25.1 Å². The van der Waals surface area contributed by atoms with Crippen LogP contribution in [-0.4, -0.2) is 72.5 Å². The van der Waals surface area contributed by atoms with E-state index in [4.69, 9.17) is 0 Å². The molecule has 0 atom stereocenters. The number of nitrogens with zero attached hydrogens (tertiary/aromatic N) is 6. The molecule has 1 fully saturated rings. The van der Waals surface area contributed by atoms with E-state index in [0.29, 0.717) is 0 Å². The van der Waals surface area contributed by atoms with Crippen molar-refractivity contribution in [1.29, 1.82) is 0 Å². The highest BCUT2D eigenvalue weighted by Crippen LogP contribution is 2.11. The molecule has 150 valence electrons. The van der Waals surface area contributed by atoms with Gasteiger partial charge in [0.05, 0.1) is 0 Å². The summed E-state index contributed by atoms with van der Waals surface area (Å²) in [6.45, 7) is 8.57. The van der Waals surface area contributed by atoms with E-state index in [1.165, 1.54) is 11.1 Å². The average molecular weight is 382 g/mol. The fourth-order valence-corrected chi connectivity index (χ4v) is 3.35. The van der Waals surface area contributed by atoms with Crippen LogP contribution in [0.25, 0.3) is 0 Å². The molecule has 1 aromatic carbocycles. The topological polar surface area (TPSA) is 59.9 Å². The number of rotatable bonds is 6. The van der Waals surface area contributed by atoms with Crippen molar-refractivity contribution in [2.45, 2.75) is 20.0 Å². The molecule has 0 amide bonds. The number of guanidine groups is 1. The van der Waals surface area contributed by atoms with Gasteiger partial charge in [-0.05, 0) is 30.8 Å². The Morgan fingerprint density at radius 3 is 2.50 bits per heavy atom. The molecule has 2 heterocycles. The number of aromatic nitrogens is 2. The maximum Gasteiger partial charge on any atom is 0.225 e. The summed E-state index contributed by atoms with van der Waals surface area (Å²) in [6, 6.07) is 10.6. The Labute approximate surface area is 168 Å². The third-order valence-electron chi connectivity index (χ3n) is 5.06. The second kappa shape index (κ2) is 10.0. The number of aliphatic imine (C=N–C) groups is 1. The number of nitrogens with one attached hydrogen (secondary N) is 1. The summed E-state index contributed by atoms with van der Waals surface area (Å²) in [6.07, 6.45) is 3.59. The minimum absolute atomic E-state index is 0.776. The van der Waals surface area contributed by atoms with Gasteiger partial charge in [-0.15, -0.1) is 0 Å². The van der Waals surface area contributed by atoms with Gasteiger partial charge in [0.15, 0.2) is 5.96 Å². The van der Waals surface area contributed by atoms with Gasteiger partial charge in [-0.2, -0.15) is 0 Å². The molecule has 7 heteroatoms. The molecule has 2 aromatic rings. The second-order valence-electron chi connectivity index (χ2n) is 7.07. The van der Waals surface area contributed by atoms with Crippen molar-refractivity contribution in [3.8, 4) is 0 Å². The molecule has 3 rings (SSSR count). The van der Waals surface area contributed by atoms with Crippen LogP contribution in [0.3, 0.4) is 0 Å². The first-order chi connectivity index (χ1) is 13.7. The van der Waals surface area contributed by atoms with Crippen molar-refractivity contribution in [2.75, 3.05) is 51.7 Å². The lowest BCUT2D eigenvalue weighted by Gasteiger charge is -2.36. The highest BCUT2D eigenvalue weighted by atomic mass is 15.4. The Morgan fingerprint density at radius 2 is 1.82 bits per heavy atom. The number of anilines is 1. The standard InChI is InChI=1S/C21H31N7/c1-4-26(3)17-19-8-5-7-18(15-19)16-25-20(22-2)27-11-13-28(14-12-27)21-23-9-6-10-24-21/h5-10,15H,4,11-14,16-17H2,1-3H3,(H,22,25). The molecule has 1 N–H and O–H groups in total. The molecule has 7 nitrogen and oxygen atoms in total. The molecule has 1 aromatic heterocycles. The van der Waals surface area contributed by atoms with Gasteiger partial charge in [-0.25, -0.2) is 9.97 Å². The Bertz CT molecular complexity index is 754. The van der Waals surface area contributed by atoms with Crippen LogP contribution in [-0.2, 0) is 13.1 Å². The van der Waals surface area contributed by atoms with Crippen LogP contribution in [0, 0.1) is 0 Å². The largest absolute Gasteiger partial charge is 0.352 e. The Balaban J connectivity index is 1.52. The van der Waals surface area contributed by atoms with E-state index < -0.39 is 0 Å². The summed E-state index contributed by atoms with van der Waals surface area (Å²) in [7, 11) is 3.99. The van der Waals surface area contributed by atoms with E-state index >= 15 is 0 Å². The highest BCUT2D eigenvalue weighted by Gasteiger charge is 2.20. The summed E-state index contributed by atoms with van der Waals surface area (Å²) in [5, 5.41) is 3.52. The molecule has 0 radical (unpaired) electrons. The first-order valence-corrected chi connectivity index (χ1v) is 9.93. The van der Waals surface area contributed by atoms with Gasteiger partial charge in [0.25, 0.3) is 0 Å². The van der Waals surface area contributed by atoms with E-state index in [1.807, 2.05) is 13.1 Å². The molecule has 0 saturated carbocycles. The SMILES string of the molecule is CCN(C)Cc1cccc(CNC(=NC)N2CCN(c3ncccn3)CC2)c1. The smallest absolute Gasteiger partial charge is 0.225 e. The van der Waals surface area contributed by atoms with E-state index in [9.17, 15) is 0 Å². The number of piperazine rings is 1. The van der Waals surface area contributed by atoms with Crippen LogP contribution < -0.4 is 10.2 Å². The van der Waals surface area contributed by atoms with E-state index in [1.54, 1.807) is 12.4 Å². The Hall–Kier alpha value is -2.67. The second-order valence-corrected chi connectivity index (χ2v) is 7.07. The van der Waals surface area contributed by atoms with Crippen LogP contribution in [0.1, 0.15) is 18.1 Å². The third kappa shape index (κ3) is 5.42. The summed E-state index contributed by atoms with van der Waals surface area (Å²) in [5.41, 5.74) is 2.62. The predicted octanol–water partition coefficient (Wildman–Crippen LogP) is 1.83. The lowest BCUT2D eigenvalue weighted by molar-refractivity contribution is 0.345. The summed E-state index contributed by atoms with van der Waals surface area (Å²) >= 11 is 0. The molecule has 0 unspecified atom stereocenters. The minimum Gasteiger partial charge on any atom is -0.352 e. The van der Waals surface area contributed by atoms with Gasteiger partial charge < -0.3 is 20.0 Å². The predicted molar refractivity (Wildman–Crippen MR) is 114 cm³/mol. The van der Waals surface area contributed by atoms with E-state index in [2.05, 4.69) is 73.2 Å². The Morgan fingerprint density at radius 1 is 1.11 bits per heavy atom. The zero-order valence-corrected chi connectivity index (χ0v) is 17.2. The van der Waals surface area contributed by atoms with E-state index in [0.717, 1.165) is 57.7 Å². The molecular weight excluding hydrogens is 350 g/mol. The first-order valence-electron chi connectivity index (χ1n) is 9.93. The molecule has 28 heavy (non-hydrogen) atoms. The highest BCUT2D eigenvalue weighted by molar-refractivity contribution is 5.80. The Kier molecular flexibility index (Phi) is 7.19. The van der Waals surface area contributed by atoms with Crippen LogP contribution >= 0.6 is 0 Å². The van der Waals surface area contributed by atoms with Gasteiger partial charge >= 0.3 is 0 Å². The minimum atomic E-state index is 0.776. The van der Waals surface area contributed by atoms with Crippen molar-refractivity contribution in [3.05, 3.63) is 53.9 Å². The fraction of sp³-hybridized carbons (Fsp3) is 0.476. The van der Waals surface area contributed by atoms with Crippen molar-refractivity contribution in [3.63, 3.8) is 0 Å². The first kappa shape index (κ1) is 20.1. The lowest BCUT2D eigenvalue weighted by Crippen LogP contribution is -2.52. The normalized spacial score (nSPS) is 15.2. The zero-order valence-electron chi connectivity index (χ0n) is 17.2. The number of benzene rings is 1. The van der Waals surface area contributed by atoms with Crippen LogP contribution in [0.5, 0.6) is 0 Å². The van der Waals surface area contributed by atoms with Crippen molar-refractivity contribution >= 4 is 11.9 Å². The van der Waals surface area contributed by atoms with Crippen molar-refractivity contribution in [2.24, 2.45) is 4.99 Å². The summed E-state index contributed by atoms with van der Waals surface area (Å²) < 4.78 is 0. The number of hydrogen-bond acceptors (Lipinski definition) is 5. The average Bonchev–Trinajstić information content (AvgIpc) is 2.75. The van der Waals surface area contributed by atoms with Gasteiger partial charge in [0, 0.05) is 58.7 Å².